The Labute approximate surface area is 269 Å². The Hall–Kier alpha value is -3.95. The second-order valence-corrected chi connectivity index (χ2v) is 14.0. The fraction of sp³-hybridized carbons (Fsp3) is 0.257. The molecule has 0 heterocycles. The number of sulfonamides is 1. The van der Waals surface area contributed by atoms with Crippen LogP contribution in [0.5, 0.6) is 0 Å². The molecule has 4 aromatic carbocycles. The van der Waals surface area contributed by atoms with Gasteiger partial charge in [-0.2, -0.15) is 0 Å². The normalized spacial score (nSPS) is 12.0. The second-order valence-electron chi connectivity index (χ2n) is 11.2. The van der Waals surface area contributed by atoms with Crippen LogP contribution in [0.3, 0.4) is 0 Å². The largest absolute Gasteiger partial charge is 0.352 e. The predicted octanol–water partition coefficient (Wildman–Crippen LogP) is 6.43. The number of hydrogen-bond donors (Lipinski definition) is 1. The van der Waals surface area contributed by atoms with E-state index in [0.29, 0.717) is 5.69 Å². The summed E-state index contributed by atoms with van der Waals surface area (Å²) in [6, 6.07) is 29.5. The number of carbonyl (C=O) groups excluding carboxylic acids is 2. The zero-order valence-electron chi connectivity index (χ0n) is 25.4. The molecule has 1 unspecified atom stereocenters. The van der Waals surface area contributed by atoms with Gasteiger partial charge in [0.1, 0.15) is 12.6 Å². The van der Waals surface area contributed by atoms with E-state index in [1.165, 1.54) is 17.0 Å². The number of carbonyl (C=O) groups is 2. The summed E-state index contributed by atoms with van der Waals surface area (Å²) in [5.74, 6) is -0.801. The molecule has 0 saturated carbocycles. The highest BCUT2D eigenvalue weighted by atomic mass is 79.9. The van der Waals surface area contributed by atoms with Crippen molar-refractivity contribution in [3.63, 3.8) is 0 Å². The van der Waals surface area contributed by atoms with E-state index in [2.05, 4.69) is 21.2 Å². The van der Waals surface area contributed by atoms with E-state index in [4.69, 9.17) is 0 Å². The van der Waals surface area contributed by atoms with Gasteiger partial charge in [-0.1, -0.05) is 82.7 Å². The molecule has 0 bridgehead atoms. The average Bonchev–Trinajstić information content (AvgIpc) is 2.98. The first-order valence-electron chi connectivity index (χ1n) is 14.5. The van der Waals surface area contributed by atoms with E-state index >= 15 is 0 Å². The molecular weight excluding hydrogens is 638 g/mol. The molecule has 0 saturated heterocycles. The lowest BCUT2D eigenvalue weighted by Gasteiger charge is -2.34. The number of amides is 2. The number of halogens is 1. The summed E-state index contributed by atoms with van der Waals surface area (Å²) >= 11 is 3.46. The minimum atomic E-state index is -4.14. The predicted molar refractivity (Wildman–Crippen MR) is 179 cm³/mol. The van der Waals surface area contributed by atoms with Crippen molar-refractivity contribution in [2.45, 2.75) is 57.6 Å². The molecule has 4 rings (SSSR count). The summed E-state index contributed by atoms with van der Waals surface area (Å²) in [6.07, 6.45) is 0.261. The summed E-state index contributed by atoms with van der Waals surface area (Å²) in [6.45, 7) is 7.13. The van der Waals surface area contributed by atoms with Crippen LogP contribution in [0.2, 0.25) is 0 Å². The Balaban J connectivity index is 1.82. The van der Waals surface area contributed by atoms with Crippen LogP contribution in [0.1, 0.15) is 36.1 Å². The van der Waals surface area contributed by atoms with E-state index in [1.54, 1.807) is 30.3 Å². The average molecular weight is 677 g/mol. The van der Waals surface area contributed by atoms with Crippen LogP contribution >= 0.6 is 15.9 Å². The lowest BCUT2D eigenvalue weighted by Crippen LogP contribution is -2.54. The van der Waals surface area contributed by atoms with Crippen LogP contribution in [-0.4, -0.2) is 43.8 Å². The van der Waals surface area contributed by atoms with Crippen LogP contribution in [0.25, 0.3) is 0 Å². The minimum Gasteiger partial charge on any atom is -0.352 e. The maximum atomic E-state index is 14.5. The van der Waals surface area contributed by atoms with E-state index in [0.717, 1.165) is 31.0 Å². The van der Waals surface area contributed by atoms with Gasteiger partial charge in [0.2, 0.25) is 11.8 Å². The van der Waals surface area contributed by atoms with Crippen molar-refractivity contribution in [1.82, 2.24) is 10.2 Å². The van der Waals surface area contributed by atoms with Gasteiger partial charge in [0.15, 0.2) is 0 Å². The molecule has 1 atom stereocenters. The van der Waals surface area contributed by atoms with Gasteiger partial charge < -0.3 is 10.2 Å². The van der Waals surface area contributed by atoms with Crippen molar-refractivity contribution < 1.29 is 18.0 Å². The molecule has 44 heavy (non-hydrogen) atoms. The minimum absolute atomic E-state index is 0.0739. The highest BCUT2D eigenvalue weighted by molar-refractivity contribution is 9.10. The van der Waals surface area contributed by atoms with Gasteiger partial charge in [-0.05, 0) is 86.3 Å². The summed E-state index contributed by atoms with van der Waals surface area (Å²) in [5, 5.41) is 2.98. The topological polar surface area (TPSA) is 86.8 Å². The third-order valence-corrected chi connectivity index (χ3v) is 9.39. The molecule has 0 aliphatic carbocycles. The standard InChI is InChI=1S/C35H38BrN3O4S/c1-25(2)37-35(41)33(22-28-11-7-5-8-12-28)38(23-29-15-17-30(36)18-16-29)34(40)24-39(31-20-26(3)19-27(4)21-31)44(42,43)32-13-9-6-10-14-32/h5-21,25,33H,22-24H2,1-4H3,(H,37,41). The van der Waals surface area contributed by atoms with Crippen molar-refractivity contribution in [2.24, 2.45) is 0 Å². The Morgan fingerprint density at radius 1 is 0.795 bits per heavy atom. The molecule has 0 aliphatic rings. The Morgan fingerprint density at radius 2 is 1.36 bits per heavy atom. The highest BCUT2D eigenvalue weighted by Gasteiger charge is 2.35. The Morgan fingerprint density at radius 3 is 1.93 bits per heavy atom. The molecule has 9 heteroatoms. The van der Waals surface area contributed by atoms with Gasteiger partial charge in [0.05, 0.1) is 10.6 Å². The van der Waals surface area contributed by atoms with Crippen molar-refractivity contribution >= 4 is 43.5 Å². The quantitative estimate of drug-likeness (QED) is 0.188. The number of rotatable bonds is 12. The summed E-state index contributed by atoms with van der Waals surface area (Å²) in [4.78, 5) is 29.8. The molecule has 4 aromatic rings. The number of benzene rings is 4. The number of anilines is 1. The fourth-order valence-corrected chi connectivity index (χ4v) is 6.75. The molecule has 0 spiro atoms. The van der Waals surface area contributed by atoms with Gasteiger partial charge in [-0.15, -0.1) is 0 Å². The molecule has 0 aromatic heterocycles. The summed E-state index contributed by atoms with van der Waals surface area (Å²) in [5.41, 5.74) is 3.81. The van der Waals surface area contributed by atoms with Crippen molar-refractivity contribution in [1.29, 1.82) is 0 Å². The third kappa shape index (κ3) is 8.57. The molecule has 0 aliphatic heterocycles. The van der Waals surface area contributed by atoms with E-state index in [-0.39, 0.29) is 29.8 Å². The van der Waals surface area contributed by atoms with Crippen LogP contribution in [0.4, 0.5) is 5.69 Å². The number of hydrogen-bond acceptors (Lipinski definition) is 4. The molecule has 0 fully saturated rings. The van der Waals surface area contributed by atoms with E-state index in [9.17, 15) is 18.0 Å². The maximum Gasteiger partial charge on any atom is 0.264 e. The molecule has 7 nitrogen and oxygen atoms in total. The summed E-state index contributed by atoms with van der Waals surface area (Å²) in [7, 11) is -4.14. The van der Waals surface area contributed by atoms with E-state index < -0.39 is 28.5 Å². The first-order chi connectivity index (χ1) is 20.9. The first kappa shape index (κ1) is 33.0. The van der Waals surface area contributed by atoms with Crippen molar-refractivity contribution in [3.05, 3.63) is 130 Å². The lowest BCUT2D eigenvalue weighted by molar-refractivity contribution is -0.140. The van der Waals surface area contributed by atoms with Crippen LogP contribution in [0.15, 0.2) is 112 Å². The zero-order valence-corrected chi connectivity index (χ0v) is 27.8. The third-order valence-electron chi connectivity index (χ3n) is 7.07. The smallest absolute Gasteiger partial charge is 0.264 e. The van der Waals surface area contributed by atoms with Gasteiger partial charge in [-0.25, -0.2) is 8.42 Å². The Kier molecular flexibility index (Phi) is 11.0. The second kappa shape index (κ2) is 14.7. The van der Waals surface area contributed by atoms with Gasteiger partial charge in [-0.3, -0.25) is 13.9 Å². The maximum absolute atomic E-state index is 14.5. The lowest BCUT2D eigenvalue weighted by atomic mass is 10.0. The fourth-order valence-electron chi connectivity index (χ4n) is 5.06. The van der Waals surface area contributed by atoms with Crippen molar-refractivity contribution in [3.8, 4) is 0 Å². The zero-order chi connectivity index (χ0) is 31.9. The summed E-state index contributed by atoms with van der Waals surface area (Å²) < 4.78 is 30.3. The first-order valence-corrected chi connectivity index (χ1v) is 16.7. The van der Waals surface area contributed by atoms with Crippen LogP contribution in [0, 0.1) is 13.8 Å². The number of nitrogens with one attached hydrogen (secondary N) is 1. The van der Waals surface area contributed by atoms with Gasteiger partial charge in [0, 0.05) is 23.5 Å². The Bertz CT molecular complexity index is 1660. The monoisotopic (exact) mass is 675 g/mol. The molecule has 230 valence electrons. The number of aryl methyl sites for hydroxylation is 2. The van der Waals surface area contributed by atoms with Gasteiger partial charge >= 0.3 is 0 Å². The highest BCUT2D eigenvalue weighted by Crippen LogP contribution is 2.27. The molecular formula is C35H38BrN3O4S. The van der Waals surface area contributed by atoms with Crippen LogP contribution in [-0.2, 0) is 32.6 Å². The molecule has 0 radical (unpaired) electrons. The van der Waals surface area contributed by atoms with E-state index in [1.807, 2.05) is 88.4 Å². The molecule has 1 N–H and O–H groups in total. The molecule has 2 amide bonds. The number of nitrogens with zero attached hydrogens (tertiary/aromatic N) is 2. The van der Waals surface area contributed by atoms with Gasteiger partial charge in [0.25, 0.3) is 10.0 Å². The SMILES string of the molecule is Cc1cc(C)cc(N(CC(=O)N(Cc2ccc(Br)cc2)C(Cc2ccccc2)C(=O)NC(C)C)S(=O)(=O)c2ccccc2)c1. The van der Waals surface area contributed by atoms with Crippen LogP contribution < -0.4 is 9.62 Å². The van der Waals surface area contributed by atoms with Crippen molar-refractivity contribution in [2.75, 3.05) is 10.8 Å².